The van der Waals surface area contributed by atoms with Crippen molar-refractivity contribution in [1.82, 2.24) is 14.9 Å². The van der Waals surface area contributed by atoms with E-state index in [1.807, 2.05) is 31.3 Å². The summed E-state index contributed by atoms with van der Waals surface area (Å²) < 4.78 is 2.19. The minimum absolute atomic E-state index is 0.390. The highest BCUT2D eigenvalue weighted by molar-refractivity contribution is 7.98. The lowest BCUT2D eigenvalue weighted by atomic mass is 10.1. The maximum absolute atomic E-state index is 4.20. The van der Waals surface area contributed by atoms with E-state index < -0.39 is 0 Å². The number of aromatic nitrogens is 2. The van der Waals surface area contributed by atoms with Crippen LogP contribution in [0.2, 0.25) is 0 Å². The average Bonchev–Trinajstić information content (AvgIpc) is 2.92. The molecule has 2 rings (SSSR count). The van der Waals surface area contributed by atoms with Crippen LogP contribution in [0.3, 0.4) is 0 Å². The molecule has 0 amide bonds. The lowest BCUT2D eigenvalue weighted by molar-refractivity contribution is 0.651. The fourth-order valence-corrected chi connectivity index (χ4v) is 2.90. The number of benzene rings is 1. The van der Waals surface area contributed by atoms with Gasteiger partial charge in [0, 0.05) is 35.1 Å². The third-order valence-corrected chi connectivity index (χ3v) is 4.34. The number of imidazole rings is 1. The molecular weight excluding hydrogens is 254 g/mol. The third-order valence-electron chi connectivity index (χ3n) is 3.32. The Kier molecular flexibility index (Phi) is 5.05. The Morgan fingerprint density at radius 2 is 2.26 bits per heavy atom. The van der Waals surface area contributed by atoms with E-state index in [4.69, 9.17) is 0 Å². The molecule has 0 fully saturated rings. The number of nitrogens with one attached hydrogen (secondary N) is 1. The van der Waals surface area contributed by atoms with Crippen LogP contribution in [0.1, 0.15) is 31.1 Å². The Morgan fingerprint density at radius 3 is 3.00 bits per heavy atom. The summed E-state index contributed by atoms with van der Waals surface area (Å²) in [5.74, 6) is 0.964. The van der Waals surface area contributed by atoms with Crippen LogP contribution in [0.5, 0.6) is 0 Å². The van der Waals surface area contributed by atoms with Crippen molar-refractivity contribution in [1.29, 1.82) is 0 Å². The zero-order valence-electron chi connectivity index (χ0n) is 11.8. The molecule has 0 bridgehead atoms. The van der Waals surface area contributed by atoms with Crippen molar-refractivity contribution in [2.45, 2.75) is 37.1 Å². The average molecular weight is 275 g/mol. The third kappa shape index (κ3) is 3.61. The van der Waals surface area contributed by atoms with Crippen LogP contribution < -0.4 is 5.32 Å². The van der Waals surface area contributed by atoms with Crippen molar-refractivity contribution in [2.75, 3.05) is 7.05 Å². The molecule has 4 heteroatoms. The molecule has 3 nitrogen and oxygen atoms in total. The van der Waals surface area contributed by atoms with E-state index in [-0.39, 0.29) is 0 Å². The Hall–Kier alpha value is -1.26. The summed E-state index contributed by atoms with van der Waals surface area (Å²) in [4.78, 5) is 5.51. The van der Waals surface area contributed by atoms with Crippen LogP contribution in [-0.2, 0) is 12.3 Å². The fraction of sp³-hybridized carbons (Fsp3) is 0.400. The van der Waals surface area contributed by atoms with E-state index in [2.05, 4.69) is 53.0 Å². The number of hydrogen-bond acceptors (Lipinski definition) is 3. The first-order chi connectivity index (χ1) is 9.24. The molecule has 1 aromatic heterocycles. The van der Waals surface area contributed by atoms with Crippen LogP contribution in [0.4, 0.5) is 0 Å². The Morgan fingerprint density at radius 1 is 1.42 bits per heavy atom. The molecule has 2 aromatic rings. The summed E-state index contributed by atoms with van der Waals surface area (Å²) in [7, 11) is 1.99. The van der Waals surface area contributed by atoms with E-state index in [1.54, 1.807) is 0 Å². The lowest BCUT2D eigenvalue weighted by Crippen LogP contribution is -2.12. The van der Waals surface area contributed by atoms with E-state index in [0.717, 1.165) is 12.3 Å². The van der Waals surface area contributed by atoms with Crippen LogP contribution in [0.25, 0.3) is 0 Å². The van der Waals surface area contributed by atoms with E-state index in [1.165, 1.54) is 16.2 Å². The second-order valence-electron chi connectivity index (χ2n) is 4.54. The molecule has 0 saturated heterocycles. The normalized spacial score (nSPS) is 12.6. The number of hydrogen-bond donors (Lipinski definition) is 1. The predicted molar refractivity (Wildman–Crippen MR) is 81.4 cm³/mol. The van der Waals surface area contributed by atoms with Gasteiger partial charge in [-0.25, -0.2) is 4.98 Å². The molecule has 0 aliphatic carbocycles. The lowest BCUT2D eigenvalue weighted by Gasteiger charge is -2.12. The molecule has 19 heavy (non-hydrogen) atoms. The number of aryl methyl sites for hydroxylation is 1. The molecule has 0 radical (unpaired) electrons. The van der Waals surface area contributed by atoms with Gasteiger partial charge in [-0.15, -0.1) is 11.8 Å². The highest BCUT2D eigenvalue weighted by Gasteiger charge is 2.05. The highest BCUT2D eigenvalue weighted by atomic mass is 32.2. The zero-order chi connectivity index (χ0) is 13.7. The molecule has 0 aliphatic rings. The molecule has 0 spiro atoms. The van der Waals surface area contributed by atoms with Crippen molar-refractivity contribution in [3.8, 4) is 0 Å². The largest absolute Gasteiger partial charge is 0.334 e. The molecule has 1 N–H and O–H groups in total. The van der Waals surface area contributed by atoms with E-state index in [9.17, 15) is 0 Å². The maximum Gasteiger partial charge on any atom is 0.0948 e. The molecule has 0 saturated carbocycles. The van der Waals surface area contributed by atoms with Crippen molar-refractivity contribution in [3.05, 3.63) is 48.0 Å². The zero-order valence-corrected chi connectivity index (χ0v) is 12.6. The van der Waals surface area contributed by atoms with Crippen LogP contribution in [-0.4, -0.2) is 16.6 Å². The summed E-state index contributed by atoms with van der Waals surface area (Å²) in [6, 6.07) is 9.12. The fourth-order valence-electron chi connectivity index (χ4n) is 1.95. The smallest absolute Gasteiger partial charge is 0.0948 e. The predicted octanol–water partition coefficient (Wildman–Crippen LogP) is 3.48. The summed E-state index contributed by atoms with van der Waals surface area (Å²) in [5.41, 5.74) is 2.61. The van der Waals surface area contributed by atoms with Crippen LogP contribution >= 0.6 is 11.8 Å². The number of thioether (sulfide) groups is 1. The van der Waals surface area contributed by atoms with Gasteiger partial charge in [0.2, 0.25) is 0 Å². The van der Waals surface area contributed by atoms with Gasteiger partial charge < -0.3 is 9.88 Å². The molecule has 0 aliphatic heterocycles. The second-order valence-corrected chi connectivity index (χ2v) is 5.59. The monoisotopic (exact) mass is 275 g/mol. The van der Waals surface area contributed by atoms with Gasteiger partial charge in [-0.1, -0.05) is 12.1 Å². The first-order valence-electron chi connectivity index (χ1n) is 6.63. The molecular formula is C15H21N3S. The van der Waals surface area contributed by atoms with Gasteiger partial charge in [0.1, 0.15) is 0 Å². The molecule has 1 unspecified atom stereocenters. The summed E-state index contributed by atoms with van der Waals surface area (Å²) in [6.45, 7) is 5.30. The topological polar surface area (TPSA) is 29.9 Å². The standard InChI is InChI=1S/C15H21N3S/c1-4-18-11-17-9-14(18)10-19-15-7-5-6-13(8-15)12(2)16-3/h5-9,11-12,16H,4,10H2,1-3H3. The molecule has 1 heterocycles. The Bertz CT molecular complexity index is 522. The van der Waals surface area contributed by atoms with Crippen molar-refractivity contribution < 1.29 is 0 Å². The van der Waals surface area contributed by atoms with Crippen molar-refractivity contribution in [2.24, 2.45) is 0 Å². The summed E-state index contributed by atoms with van der Waals surface area (Å²) in [5, 5.41) is 3.27. The van der Waals surface area contributed by atoms with Gasteiger partial charge in [-0.3, -0.25) is 0 Å². The first-order valence-corrected chi connectivity index (χ1v) is 7.62. The second kappa shape index (κ2) is 6.78. The van der Waals surface area contributed by atoms with Crippen molar-refractivity contribution in [3.63, 3.8) is 0 Å². The van der Waals surface area contributed by atoms with Gasteiger partial charge in [-0.05, 0) is 38.6 Å². The Labute approximate surface area is 119 Å². The van der Waals surface area contributed by atoms with Crippen LogP contribution in [0.15, 0.2) is 41.7 Å². The SMILES string of the molecule is CCn1cncc1CSc1cccc(C(C)NC)c1. The molecule has 1 atom stereocenters. The van der Waals surface area contributed by atoms with Gasteiger partial charge in [0.25, 0.3) is 0 Å². The van der Waals surface area contributed by atoms with Gasteiger partial charge in [-0.2, -0.15) is 0 Å². The first kappa shape index (κ1) is 14.2. The Balaban J connectivity index is 2.03. The minimum atomic E-state index is 0.390. The van der Waals surface area contributed by atoms with Gasteiger partial charge in [0.15, 0.2) is 0 Å². The van der Waals surface area contributed by atoms with Crippen molar-refractivity contribution >= 4 is 11.8 Å². The quantitative estimate of drug-likeness (QED) is 0.819. The minimum Gasteiger partial charge on any atom is -0.334 e. The number of rotatable bonds is 6. The summed E-state index contributed by atoms with van der Waals surface area (Å²) in [6.07, 6.45) is 3.85. The van der Waals surface area contributed by atoms with E-state index >= 15 is 0 Å². The van der Waals surface area contributed by atoms with Crippen LogP contribution in [0, 0.1) is 0 Å². The summed E-state index contributed by atoms with van der Waals surface area (Å²) >= 11 is 1.86. The van der Waals surface area contributed by atoms with Gasteiger partial charge in [0.05, 0.1) is 6.33 Å². The molecule has 1 aromatic carbocycles. The van der Waals surface area contributed by atoms with Gasteiger partial charge >= 0.3 is 0 Å². The number of nitrogens with zero attached hydrogens (tertiary/aromatic N) is 2. The van der Waals surface area contributed by atoms with E-state index in [0.29, 0.717) is 6.04 Å². The highest BCUT2D eigenvalue weighted by Crippen LogP contribution is 2.25. The molecule has 102 valence electrons. The maximum atomic E-state index is 4.20.